The molecule has 0 aromatic carbocycles. The summed E-state index contributed by atoms with van der Waals surface area (Å²) in [4.78, 5) is 44.1. The van der Waals surface area contributed by atoms with Crippen molar-refractivity contribution in [2.24, 2.45) is 5.41 Å². The Hall–Kier alpha value is -0.720. The van der Waals surface area contributed by atoms with Crippen LogP contribution in [-0.2, 0) is 19.2 Å². The van der Waals surface area contributed by atoms with Gasteiger partial charge in [-0.2, -0.15) is 0 Å². The van der Waals surface area contributed by atoms with Gasteiger partial charge in [-0.25, -0.2) is 0 Å². The average Bonchev–Trinajstić information content (AvgIpc) is 2.40. The topological polar surface area (TPSA) is 92.3 Å². The van der Waals surface area contributed by atoms with E-state index in [2.05, 4.69) is 0 Å². The average molecular weight is 205 g/mol. The van der Waals surface area contributed by atoms with Crippen LogP contribution in [-0.4, -0.2) is 23.6 Å². The fourth-order valence-corrected chi connectivity index (χ4v) is 1.62. The molecule has 0 saturated carbocycles. The Labute approximate surface area is 101 Å². The van der Waals surface area contributed by atoms with Gasteiger partial charge >= 0.3 is 29.6 Å². The van der Waals surface area contributed by atoms with Crippen molar-refractivity contribution in [3.63, 3.8) is 0 Å². The van der Waals surface area contributed by atoms with Crippen LogP contribution in [0.5, 0.6) is 0 Å². The summed E-state index contributed by atoms with van der Waals surface area (Å²) in [5, 5.41) is 4.02. The standard InChI is InChI=1S/C7H6N2O4.Na/c10-3-1-7(5(12)8-3)2-4(11)9-6(7)13;/h1-2H2,(H,8,10,12)(H,9,11,13);/q;+1. The van der Waals surface area contributed by atoms with E-state index in [4.69, 9.17) is 0 Å². The molecule has 6 nitrogen and oxygen atoms in total. The molecule has 0 atom stereocenters. The third-order valence-electron chi connectivity index (χ3n) is 2.30. The molecule has 2 fully saturated rings. The molecule has 7 heteroatoms. The Morgan fingerprint density at radius 1 is 0.857 bits per heavy atom. The number of imide groups is 2. The van der Waals surface area contributed by atoms with Crippen molar-refractivity contribution in [1.29, 1.82) is 0 Å². The molecule has 4 amide bonds. The molecule has 2 aliphatic heterocycles. The van der Waals surface area contributed by atoms with Gasteiger partial charge in [0.25, 0.3) is 0 Å². The molecule has 14 heavy (non-hydrogen) atoms. The molecule has 0 unspecified atom stereocenters. The van der Waals surface area contributed by atoms with Gasteiger partial charge < -0.3 is 0 Å². The molecule has 2 saturated heterocycles. The van der Waals surface area contributed by atoms with Crippen LogP contribution in [0.3, 0.4) is 0 Å². The summed E-state index contributed by atoms with van der Waals surface area (Å²) in [6.07, 6.45) is -0.438. The van der Waals surface area contributed by atoms with Gasteiger partial charge in [-0.3, -0.25) is 29.8 Å². The van der Waals surface area contributed by atoms with Gasteiger partial charge in [0.05, 0.1) is 12.8 Å². The van der Waals surface area contributed by atoms with Crippen molar-refractivity contribution in [2.45, 2.75) is 12.8 Å². The number of nitrogens with one attached hydrogen (secondary N) is 2. The fraction of sp³-hybridized carbons (Fsp3) is 0.429. The Balaban J connectivity index is 0.000000980. The smallest absolute Gasteiger partial charge is 0.295 e. The number of carbonyl (C=O) groups excluding carboxylic acids is 4. The second-order valence-electron chi connectivity index (χ2n) is 3.19. The molecule has 2 N–H and O–H groups in total. The van der Waals surface area contributed by atoms with E-state index in [0.29, 0.717) is 0 Å². The minimum atomic E-state index is -1.45. The van der Waals surface area contributed by atoms with E-state index in [1.54, 1.807) is 0 Å². The normalized spacial score (nSPS) is 23.4. The second kappa shape index (κ2) is 3.45. The zero-order valence-electron chi connectivity index (χ0n) is 7.55. The van der Waals surface area contributed by atoms with Crippen molar-refractivity contribution in [2.75, 3.05) is 0 Å². The molecule has 0 aliphatic carbocycles. The zero-order valence-corrected chi connectivity index (χ0v) is 9.55. The maximum absolute atomic E-state index is 11.2. The quantitative estimate of drug-likeness (QED) is 0.235. The Morgan fingerprint density at radius 3 is 1.43 bits per heavy atom. The number of rotatable bonds is 0. The van der Waals surface area contributed by atoms with Crippen molar-refractivity contribution in [3.8, 4) is 0 Å². The van der Waals surface area contributed by atoms with Gasteiger partial charge in [-0.05, 0) is 0 Å². The van der Waals surface area contributed by atoms with Gasteiger partial charge in [-0.15, -0.1) is 0 Å². The van der Waals surface area contributed by atoms with Gasteiger partial charge in [0.15, 0.2) is 0 Å². The summed E-state index contributed by atoms with van der Waals surface area (Å²) in [5.74, 6) is -2.34. The first kappa shape index (κ1) is 11.4. The van der Waals surface area contributed by atoms with Crippen molar-refractivity contribution in [3.05, 3.63) is 0 Å². The van der Waals surface area contributed by atoms with Crippen LogP contribution in [0.2, 0.25) is 0 Å². The molecular weight excluding hydrogens is 199 g/mol. The third-order valence-corrected chi connectivity index (χ3v) is 2.30. The number of hydrogen-bond donors (Lipinski definition) is 2. The zero-order chi connectivity index (χ0) is 9.64. The molecular formula is C7H6N2NaO4+. The number of amides is 4. The van der Waals surface area contributed by atoms with Crippen molar-refractivity contribution in [1.82, 2.24) is 10.6 Å². The maximum atomic E-state index is 11.2. The number of carbonyl (C=O) groups is 4. The fourth-order valence-electron chi connectivity index (χ4n) is 1.62. The molecule has 0 aromatic heterocycles. The summed E-state index contributed by atoms with van der Waals surface area (Å²) < 4.78 is 0. The van der Waals surface area contributed by atoms with Crippen LogP contribution >= 0.6 is 0 Å². The summed E-state index contributed by atoms with van der Waals surface area (Å²) in [7, 11) is 0. The molecule has 2 heterocycles. The predicted molar refractivity (Wildman–Crippen MR) is 38.0 cm³/mol. The Kier molecular flexibility index (Phi) is 2.80. The van der Waals surface area contributed by atoms with Crippen molar-refractivity contribution >= 4 is 23.6 Å². The van der Waals surface area contributed by atoms with Crippen LogP contribution in [0.25, 0.3) is 0 Å². The van der Waals surface area contributed by atoms with E-state index in [9.17, 15) is 19.2 Å². The van der Waals surface area contributed by atoms with E-state index in [-0.39, 0.29) is 42.4 Å². The van der Waals surface area contributed by atoms with E-state index in [0.717, 1.165) is 0 Å². The molecule has 0 aromatic rings. The first-order valence-corrected chi connectivity index (χ1v) is 3.73. The molecule has 0 bridgehead atoms. The van der Waals surface area contributed by atoms with Crippen LogP contribution in [0.1, 0.15) is 12.8 Å². The first-order chi connectivity index (χ1) is 6.04. The summed E-state index contributed by atoms with van der Waals surface area (Å²) in [6, 6.07) is 0. The Morgan fingerprint density at radius 2 is 1.21 bits per heavy atom. The predicted octanol–water partition coefficient (Wildman–Crippen LogP) is -4.93. The van der Waals surface area contributed by atoms with Crippen LogP contribution in [0.15, 0.2) is 0 Å². The SMILES string of the molecule is O=C1CC2(CC(=O)NC2=O)C(=O)N1.[Na+]. The van der Waals surface area contributed by atoms with Crippen LogP contribution in [0.4, 0.5) is 0 Å². The van der Waals surface area contributed by atoms with Crippen molar-refractivity contribution < 1.29 is 48.7 Å². The van der Waals surface area contributed by atoms with Gasteiger partial charge in [0.2, 0.25) is 23.6 Å². The van der Waals surface area contributed by atoms with Crippen LogP contribution < -0.4 is 40.2 Å². The van der Waals surface area contributed by atoms with E-state index in [1.807, 2.05) is 10.6 Å². The summed E-state index contributed by atoms with van der Waals surface area (Å²) in [6.45, 7) is 0. The van der Waals surface area contributed by atoms with Gasteiger partial charge in [-0.1, -0.05) is 0 Å². The van der Waals surface area contributed by atoms with Crippen LogP contribution in [0, 0.1) is 5.41 Å². The molecule has 0 radical (unpaired) electrons. The minimum Gasteiger partial charge on any atom is -0.295 e. The van der Waals surface area contributed by atoms with E-state index < -0.39 is 29.0 Å². The maximum Gasteiger partial charge on any atom is 1.00 e. The third kappa shape index (κ3) is 1.39. The largest absolute Gasteiger partial charge is 1.00 e. The molecule has 1 spiro atoms. The molecule has 2 aliphatic rings. The molecule has 2 rings (SSSR count). The first-order valence-electron chi connectivity index (χ1n) is 3.73. The van der Waals surface area contributed by atoms with Gasteiger partial charge in [0, 0.05) is 0 Å². The Bertz CT molecular complexity index is 318. The minimum absolute atomic E-state index is 0. The molecule has 68 valence electrons. The van der Waals surface area contributed by atoms with E-state index >= 15 is 0 Å². The summed E-state index contributed by atoms with van der Waals surface area (Å²) >= 11 is 0. The number of hydrogen-bond acceptors (Lipinski definition) is 4. The monoisotopic (exact) mass is 205 g/mol. The van der Waals surface area contributed by atoms with Gasteiger partial charge in [0.1, 0.15) is 5.41 Å². The summed E-state index contributed by atoms with van der Waals surface area (Å²) in [5.41, 5.74) is -1.45. The van der Waals surface area contributed by atoms with E-state index in [1.165, 1.54) is 0 Å². The second-order valence-corrected chi connectivity index (χ2v) is 3.19.